The second kappa shape index (κ2) is 4.42. The molecule has 2 heterocycles. The average Bonchev–Trinajstić information content (AvgIpc) is 2.69. The molecule has 18 heavy (non-hydrogen) atoms. The molecular formula is C9H10ClF3N4O. The maximum atomic E-state index is 12.6. The molecule has 1 unspecified atom stereocenters. The van der Waals surface area contributed by atoms with Crippen molar-refractivity contribution in [2.45, 2.75) is 31.6 Å². The maximum absolute atomic E-state index is 12.6. The lowest BCUT2D eigenvalue weighted by molar-refractivity contribution is -0.148. The number of aromatic nitrogens is 3. The first-order chi connectivity index (χ1) is 8.30. The highest BCUT2D eigenvalue weighted by molar-refractivity contribution is 6.30. The molecule has 0 aliphatic carbocycles. The van der Waals surface area contributed by atoms with Crippen LogP contribution in [-0.2, 0) is 24.1 Å². The van der Waals surface area contributed by atoms with E-state index in [4.69, 9.17) is 11.6 Å². The number of amides is 1. The van der Waals surface area contributed by atoms with Crippen molar-refractivity contribution < 1.29 is 18.0 Å². The number of halogens is 4. The Hall–Kier alpha value is -1.31. The van der Waals surface area contributed by atoms with Gasteiger partial charge in [-0.05, 0) is 6.92 Å². The van der Waals surface area contributed by atoms with Crippen molar-refractivity contribution in [3.63, 3.8) is 0 Å². The minimum Gasteiger partial charge on any atom is -0.332 e. The van der Waals surface area contributed by atoms with Gasteiger partial charge in [-0.1, -0.05) is 0 Å². The summed E-state index contributed by atoms with van der Waals surface area (Å²) < 4.78 is 38.7. The van der Waals surface area contributed by atoms with Gasteiger partial charge in [0.15, 0.2) is 5.82 Å². The summed E-state index contributed by atoms with van der Waals surface area (Å²) in [5.74, 6) is -1.22. The van der Waals surface area contributed by atoms with Crippen molar-refractivity contribution in [1.29, 1.82) is 0 Å². The van der Waals surface area contributed by atoms with E-state index in [0.717, 1.165) is 4.57 Å². The van der Waals surface area contributed by atoms with Gasteiger partial charge in [0.25, 0.3) is 0 Å². The third kappa shape index (κ3) is 2.29. The van der Waals surface area contributed by atoms with Crippen molar-refractivity contribution in [1.82, 2.24) is 19.7 Å². The summed E-state index contributed by atoms with van der Waals surface area (Å²) in [5.41, 5.74) is 0. The molecule has 1 atom stereocenters. The fourth-order valence-electron chi connectivity index (χ4n) is 1.81. The lowest BCUT2D eigenvalue weighted by atomic mass is 10.3. The van der Waals surface area contributed by atoms with E-state index >= 15 is 0 Å². The van der Waals surface area contributed by atoms with Crippen LogP contribution in [0.3, 0.4) is 0 Å². The Morgan fingerprint density at radius 1 is 1.39 bits per heavy atom. The molecule has 0 N–H and O–H groups in total. The number of rotatable bonds is 1. The topological polar surface area (TPSA) is 51.0 Å². The van der Waals surface area contributed by atoms with Crippen LogP contribution in [0.4, 0.5) is 13.2 Å². The molecule has 0 bridgehead atoms. The van der Waals surface area contributed by atoms with E-state index in [9.17, 15) is 18.0 Å². The van der Waals surface area contributed by atoms with Crippen molar-refractivity contribution in [2.75, 3.05) is 6.54 Å². The van der Waals surface area contributed by atoms with E-state index in [1.54, 1.807) is 0 Å². The number of fused-ring (bicyclic) bond motifs is 1. The molecule has 2 rings (SSSR count). The Kier molecular flexibility index (Phi) is 3.22. The second-order valence-corrected chi connectivity index (χ2v) is 4.62. The Morgan fingerprint density at radius 3 is 2.61 bits per heavy atom. The Labute approximate surface area is 106 Å². The van der Waals surface area contributed by atoms with Crippen LogP contribution >= 0.6 is 11.6 Å². The average molecular weight is 283 g/mol. The Balaban J connectivity index is 2.23. The normalized spacial score (nSPS) is 17.5. The zero-order valence-corrected chi connectivity index (χ0v) is 10.2. The van der Waals surface area contributed by atoms with Crippen LogP contribution in [0.2, 0.25) is 0 Å². The van der Waals surface area contributed by atoms with E-state index in [1.165, 1.54) is 11.8 Å². The third-order valence-electron chi connectivity index (χ3n) is 2.66. The van der Waals surface area contributed by atoms with E-state index in [2.05, 4.69) is 10.2 Å². The van der Waals surface area contributed by atoms with Crippen LogP contribution in [0.25, 0.3) is 0 Å². The summed E-state index contributed by atoms with van der Waals surface area (Å²) >= 11 is 5.65. The molecule has 0 saturated carbocycles. The monoisotopic (exact) mass is 282 g/mol. The highest BCUT2D eigenvalue weighted by Crippen LogP contribution is 2.29. The van der Waals surface area contributed by atoms with Crippen LogP contribution < -0.4 is 0 Å². The lowest BCUT2D eigenvalue weighted by Gasteiger charge is -2.28. The predicted octanol–water partition coefficient (Wildman–Crippen LogP) is 1.27. The summed E-state index contributed by atoms with van der Waals surface area (Å²) in [6.45, 7) is 1.71. The minimum absolute atomic E-state index is 0.00102. The van der Waals surface area contributed by atoms with Gasteiger partial charge in [0, 0.05) is 13.1 Å². The van der Waals surface area contributed by atoms with Crippen LogP contribution in [0, 0.1) is 0 Å². The van der Waals surface area contributed by atoms with Gasteiger partial charge in [-0.25, -0.2) is 0 Å². The van der Waals surface area contributed by atoms with Gasteiger partial charge in [0.1, 0.15) is 5.38 Å². The summed E-state index contributed by atoms with van der Waals surface area (Å²) in [4.78, 5) is 13.0. The van der Waals surface area contributed by atoms with Gasteiger partial charge in [0.2, 0.25) is 11.7 Å². The molecular weight excluding hydrogens is 273 g/mol. The van der Waals surface area contributed by atoms with Gasteiger partial charge in [-0.3, -0.25) is 4.79 Å². The quantitative estimate of drug-likeness (QED) is 0.729. The molecule has 1 aliphatic rings. The first-order valence-corrected chi connectivity index (χ1v) is 5.66. The summed E-state index contributed by atoms with van der Waals surface area (Å²) in [5, 5.41) is 5.89. The molecule has 0 saturated heterocycles. The summed E-state index contributed by atoms with van der Waals surface area (Å²) in [6, 6.07) is 0. The van der Waals surface area contributed by atoms with E-state index < -0.39 is 17.4 Å². The number of alkyl halides is 4. The lowest BCUT2D eigenvalue weighted by Crippen LogP contribution is -2.42. The summed E-state index contributed by atoms with van der Waals surface area (Å²) in [6.07, 6.45) is -4.53. The SMILES string of the molecule is CC(Cl)C(=O)N1CCn2c(nnc2C(F)(F)F)C1. The second-order valence-electron chi connectivity index (χ2n) is 3.97. The van der Waals surface area contributed by atoms with Crippen molar-refractivity contribution in [3.05, 3.63) is 11.6 Å². The molecule has 5 nitrogen and oxygen atoms in total. The molecule has 9 heteroatoms. The highest BCUT2D eigenvalue weighted by atomic mass is 35.5. The smallest absolute Gasteiger partial charge is 0.332 e. The molecule has 0 radical (unpaired) electrons. The highest BCUT2D eigenvalue weighted by Gasteiger charge is 2.40. The molecule has 1 amide bonds. The number of carbonyl (C=O) groups is 1. The van der Waals surface area contributed by atoms with E-state index in [1.807, 2.05) is 0 Å². The van der Waals surface area contributed by atoms with E-state index in [0.29, 0.717) is 0 Å². The molecule has 0 spiro atoms. The Bertz CT molecular complexity index is 471. The zero-order chi connectivity index (χ0) is 13.5. The third-order valence-corrected chi connectivity index (χ3v) is 2.85. The van der Waals surface area contributed by atoms with Gasteiger partial charge >= 0.3 is 6.18 Å². The van der Waals surface area contributed by atoms with Crippen LogP contribution in [0.1, 0.15) is 18.6 Å². The zero-order valence-electron chi connectivity index (χ0n) is 9.41. The van der Waals surface area contributed by atoms with Gasteiger partial charge in [-0.15, -0.1) is 21.8 Å². The molecule has 1 aliphatic heterocycles. The number of carbonyl (C=O) groups excluding carboxylic acids is 1. The first-order valence-electron chi connectivity index (χ1n) is 5.23. The van der Waals surface area contributed by atoms with E-state index in [-0.39, 0.29) is 31.4 Å². The minimum atomic E-state index is -4.53. The number of nitrogens with zero attached hydrogens (tertiary/aromatic N) is 4. The van der Waals surface area contributed by atoms with Crippen LogP contribution in [0.15, 0.2) is 0 Å². The van der Waals surface area contributed by atoms with Crippen molar-refractivity contribution in [3.8, 4) is 0 Å². The number of hydrogen-bond acceptors (Lipinski definition) is 3. The fourth-order valence-corrected chi connectivity index (χ4v) is 1.95. The molecule has 0 aromatic carbocycles. The van der Waals surface area contributed by atoms with Gasteiger partial charge < -0.3 is 9.47 Å². The van der Waals surface area contributed by atoms with Crippen molar-refractivity contribution in [2.24, 2.45) is 0 Å². The van der Waals surface area contributed by atoms with Gasteiger partial charge in [0.05, 0.1) is 6.54 Å². The fraction of sp³-hybridized carbons (Fsp3) is 0.667. The van der Waals surface area contributed by atoms with Crippen molar-refractivity contribution >= 4 is 17.5 Å². The first kappa shape index (κ1) is 13.1. The summed E-state index contributed by atoms with van der Waals surface area (Å²) in [7, 11) is 0. The van der Waals surface area contributed by atoms with Gasteiger partial charge in [-0.2, -0.15) is 13.2 Å². The molecule has 0 fully saturated rings. The maximum Gasteiger partial charge on any atom is 0.451 e. The standard InChI is InChI=1S/C9H10ClF3N4O/c1-5(10)7(18)16-2-3-17-6(4-16)14-15-8(17)9(11,12)13/h5H,2-4H2,1H3. The Morgan fingerprint density at radius 2 is 2.06 bits per heavy atom. The largest absolute Gasteiger partial charge is 0.451 e. The molecule has 100 valence electrons. The predicted molar refractivity (Wildman–Crippen MR) is 55.8 cm³/mol. The molecule has 1 aromatic heterocycles. The van der Waals surface area contributed by atoms with Crippen LogP contribution in [0.5, 0.6) is 0 Å². The van der Waals surface area contributed by atoms with Crippen LogP contribution in [-0.4, -0.2) is 37.5 Å². The molecule has 1 aromatic rings. The number of hydrogen-bond donors (Lipinski definition) is 0.